The van der Waals surface area contributed by atoms with E-state index in [9.17, 15) is 14.0 Å². The molecule has 0 saturated carbocycles. The fraction of sp³-hybridized carbons (Fsp3) is 0.250. The van der Waals surface area contributed by atoms with Gasteiger partial charge in [0.05, 0.1) is 23.1 Å². The molecule has 2 amide bonds. The number of hydrogen-bond acceptors (Lipinski definition) is 6. The molecule has 1 atom stereocenters. The van der Waals surface area contributed by atoms with Crippen molar-refractivity contribution in [3.05, 3.63) is 71.4 Å². The van der Waals surface area contributed by atoms with E-state index in [1.807, 2.05) is 36.4 Å². The van der Waals surface area contributed by atoms with Gasteiger partial charge in [0.15, 0.2) is 6.10 Å². The first kappa shape index (κ1) is 22.8. The zero-order chi connectivity index (χ0) is 23.2. The van der Waals surface area contributed by atoms with Crippen LogP contribution in [0.2, 0.25) is 0 Å². The average Bonchev–Trinajstić information content (AvgIpc) is 3.30. The van der Waals surface area contributed by atoms with Crippen molar-refractivity contribution in [3.8, 4) is 16.9 Å². The minimum Gasteiger partial charge on any atom is -0.481 e. The van der Waals surface area contributed by atoms with Crippen molar-refractivity contribution < 1.29 is 23.5 Å². The Morgan fingerprint density at radius 1 is 1.06 bits per heavy atom. The molecular weight excluding hydrogens is 445 g/mol. The zero-order valence-corrected chi connectivity index (χ0v) is 18.9. The number of halogens is 1. The lowest BCUT2D eigenvalue weighted by atomic mass is 10.1. The van der Waals surface area contributed by atoms with E-state index in [1.165, 1.54) is 35.6 Å². The van der Waals surface area contributed by atoms with Gasteiger partial charge in [0, 0.05) is 18.7 Å². The number of hydrazine groups is 1. The van der Waals surface area contributed by atoms with E-state index in [1.54, 1.807) is 6.92 Å². The van der Waals surface area contributed by atoms with Gasteiger partial charge in [-0.2, -0.15) is 0 Å². The minimum atomic E-state index is -0.886. The van der Waals surface area contributed by atoms with Crippen molar-refractivity contribution in [3.63, 3.8) is 0 Å². The molecule has 3 aromatic rings. The van der Waals surface area contributed by atoms with Crippen molar-refractivity contribution in [2.45, 2.75) is 13.0 Å². The van der Waals surface area contributed by atoms with Crippen LogP contribution in [0.1, 0.15) is 16.6 Å². The van der Waals surface area contributed by atoms with Gasteiger partial charge in [0.25, 0.3) is 11.8 Å². The second kappa shape index (κ2) is 10.5. The Morgan fingerprint density at radius 2 is 1.76 bits per heavy atom. The number of carbonyl (C=O) groups excluding carboxylic acids is 2. The van der Waals surface area contributed by atoms with Crippen molar-refractivity contribution in [2.24, 2.45) is 0 Å². The predicted molar refractivity (Wildman–Crippen MR) is 125 cm³/mol. The Labute approximate surface area is 195 Å². The molecule has 0 spiro atoms. The molecule has 33 heavy (non-hydrogen) atoms. The summed E-state index contributed by atoms with van der Waals surface area (Å²) in [5.74, 6) is -0.986. The number of thiophene rings is 1. The number of anilines is 1. The van der Waals surface area contributed by atoms with Gasteiger partial charge in [-0.15, -0.1) is 11.3 Å². The third kappa shape index (κ3) is 5.68. The lowest BCUT2D eigenvalue weighted by Crippen LogP contribution is -2.47. The SMILES string of the molecule is CC(Oc1ccc(F)cc1)C(=O)NNC(=O)c1cc(-c2ccccc2)c(N2CCOCC2)s1. The van der Waals surface area contributed by atoms with Gasteiger partial charge in [-0.3, -0.25) is 20.4 Å². The van der Waals surface area contributed by atoms with E-state index in [-0.39, 0.29) is 0 Å². The summed E-state index contributed by atoms with van der Waals surface area (Å²) in [6, 6.07) is 17.1. The normalized spacial score (nSPS) is 14.4. The van der Waals surface area contributed by atoms with Crippen LogP contribution in [0.4, 0.5) is 9.39 Å². The Kier molecular flexibility index (Phi) is 7.21. The summed E-state index contributed by atoms with van der Waals surface area (Å²) >= 11 is 1.37. The van der Waals surface area contributed by atoms with Crippen LogP contribution in [-0.2, 0) is 9.53 Å². The standard InChI is InChI=1S/C24H24FN3O4S/c1-16(32-19-9-7-18(25)8-10-19)22(29)26-27-23(30)21-15-20(17-5-3-2-4-6-17)24(33-21)28-11-13-31-14-12-28/h2-10,15-16H,11-14H2,1H3,(H,26,29)(H,27,30). The number of ether oxygens (including phenoxy) is 2. The Morgan fingerprint density at radius 3 is 2.45 bits per heavy atom. The molecule has 4 rings (SSSR count). The highest BCUT2D eigenvalue weighted by Gasteiger charge is 2.23. The predicted octanol–water partition coefficient (Wildman–Crippen LogP) is 3.62. The van der Waals surface area contributed by atoms with E-state index in [2.05, 4.69) is 15.8 Å². The fourth-order valence-electron chi connectivity index (χ4n) is 3.37. The first-order valence-electron chi connectivity index (χ1n) is 10.6. The van der Waals surface area contributed by atoms with Gasteiger partial charge in [0.2, 0.25) is 0 Å². The van der Waals surface area contributed by atoms with Crippen LogP contribution in [-0.4, -0.2) is 44.2 Å². The molecule has 0 bridgehead atoms. The molecule has 0 radical (unpaired) electrons. The number of morpholine rings is 1. The summed E-state index contributed by atoms with van der Waals surface area (Å²) in [7, 11) is 0. The third-order valence-corrected chi connectivity index (χ3v) is 6.31. The van der Waals surface area contributed by atoms with Crippen molar-refractivity contribution in [1.82, 2.24) is 10.9 Å². The van der Waals surface area contributed by atoms with Gasteiger partial charge in [-0.05, 0) is 42.8 Å². The van der Waals surface area contributed by atoms with E-state index in [0.717, 1.165) is 29.2 Å². The van der Waals surface area contributed by atoms with Crippen LogP contribution < -0.4 is 20.5 Å². The van der Waals surface area contributed by atoms with E-state index < -0.39 is 23.7 Å². The van der Waals surface area contributed by atoms with Gasteiger partial charge in [-0.1, -0.05) is 30.3 Å². The molecule has 2 N–H and O–H groups in total. The quantitative estimate of drug-likeness (QED) is 0.539. The van der Waals surface area contributed by atoms with E-state index in [0.29, 0.717) is 23.8 Å². The third-order valence-electron chi connectivity index (χ3n) is 5.11. The maximum atomic E-state index is 13.0. The van der Waals surface area contributed by atoms with Crippen molar-refractivity contribution >= 4 is 28.2 Å². The lowest BCUT2D eigenvalue weighted by molar-refractivity contribution is -0.128. The summed E-state index contributed by atoms with van der Waals surface area (Å²) in [5, 5.41) is 0.994. The molecule has 1 aliphatic rings. The second-order valence-corrected chi connectivity index (χ2v) is 8.48. The second-order valence-electron chi connectivity index (χ2n) is 7.45. The number of nitrogens with zero attached hydrogens (tertiary/aromatic N) is 1. The molecule has 1 fully saturated rings. The van der Waals surface area contributed by atoms with Crippen LogP contribution >= 0.6 is 11.3 Å². The Bertz CT molecular complexity index is 1100. The number of hydrogen-bond donors (Lipinski definition) is 2. The highest BCUT2D eigenvalue weighted by atomic mass is 32.1. The molecule has 1 saturated heterocycles. The number of rotatable bonds is 6. The summed E-state index contributed by atoms with van der Waals surface area (Å²) in [6.45, 7) is 4.30. The summed E-state index contributed by atoms with van der Waals surface area (Å²) in [6.07, 6.45) is -0.886. The van der Waals surface area contributed by atoms with Crippen LogP contribution in [0.15, 0.2) is 60.7 Å². The summed E-state index contributed by atoms with van der Waals surface area (Å²) in [4.78, 5) is 27.8. The van der Waals surface area contributed by atoms with Crippen molar-refractivity contribution in [2.75, 3.05) is 31.2 Å². The zero-order valence-electron chi connectivity index (χ0n) is 18.0. The first-order chi connectivity index (χ1) is 16.0. The number of carbonyl (C=O) groups is 2. The number of amides is 2. The van der Waals surface area contributed by atoms with Crippen LogP contribution in [0, 0.1) is 5.82 Å². The fourth-order valence-corrected chi connectivity index (χ4v) is 4.50. The highest BCUT2D eigenvalue weighted by molar-refractivity contribution is 7.18. The first-order valence-corrected chi connectivity index (χ1v) is 11.4. The number of nitrogens with one attached hydrogen (secondary N) is 2. The highest BCUT2D eigenvalue weighted by Crippen LogP contribution is 2.39. The maximum absolute atomic E-state index is 13.0. The maximum Gasteiger partial charge on any atom is 0.279 e. The summed E-state index contributed by atoms with van der Waals surface area (Å²) < 4.78 is 24.0. The molecule has 172 valence electrons. The molecular formula is C24H24FN3O4S. The Hall–Kier alpha value is -3.43. The van der Waals surface area contributed by atoms with E-state index >= 15 is 0 Å². The molecule has 7 nitrogen and oxygen atoms in total. The topological polar surface area (TPSA) is 79.9 Å². The molecule has 1 aromatic heterocycles. The molecule has 0 aliphatic carbocycles. The molecule has 2 aromatic carbocycles. The smallest absolute Gasteiger partial charge is 0.279 e. The minimum absolute atomic E-state index is 0.353. The lowest BCUT2D eigenvalue weighted by Gasteiger charge is -2.28. The monoisotopic (exact) mass is 469 g/mol. The molecule has 9 heteroatoms. The van der Waals surface area contributed by atoms with Gasteiger partial charge < -0.3 is 14.4 Å². The van der Waals surface area contributed by atoms with Crippen LogP contribution in [0.5, 0.6) is 5.75 Å². The van der Waals surface area contributed by atoms with Crippen molar-refractivity contribution in [1.29, 1.82) is 0 Å². The molecule has 2 heterocycles. The summed E-state index contributed by atoms with van der Waals surface area (Å²) in [5.41, 5.74) is 6.83. The van der Waals surface area contributed by atoms with Crippen LogP contribution in [0.3, 0.4) is 0 Å². The molecule has 1 unspecified atom stereocenters. The average molecular weight is 470 g/mol. The molecule has 1 aliphatic heterocycles. The number of benzene rings is 2. The Balaban J connectivity index is 1.43. The van der Waals surface area contributed by atoms with Gasteiger partial charge in [-0.25, -0.2) is 4.39 Å². The van der Waals surface area contributed by atoms with Gasteiger partial charge >= 0.3 is 0 Å². The largest absolute Gasteiger partial charge is 0.481 e. The van der Waals surface area contributed by atoms with E-state index in [4.69, 9.17) is 9.47 Å². The van der Waals surface area contributed by atoms with Gasteiger partial charge in [0.1, 0.15) is 11.6 Å². The van der Waals surface area contributed by atoms with Crippen LogP contribution in [0.25, 0.3) is 11.1 Å².